The number of nitrogens with one attached hydrogen (secondary N) is 1. The molecule has 0 radical (unpaired) electrons. The van der Waals surface area contributed by atoms with Crippen LogP contribution >= 0.6 is 0 Å². The first-order chi connectivity index (χ1) is 14.5. The number of hydrogen-bond acceptors (Lipinski definition) is 6. The summed E-state index contributed by atoms with van der Waals surface area (Å²) in [5, 5.41) is 2.82. The van der Waals surface area contributed by atoms with Crippen molar-refractivity contribution in [3.05, 3.63) is 58.9 Å². The summed E-state index contributed by atoms with van der Waals surface area (Å²) in [7, 11) is 1.63. The minimum absolute atomic E-state index is 0.167. The maximum Gasteiger partial charge on any atom is 0.410 e. The minimum atomic E-state index is -0.599. The van der Waals surface area contributed by atoms with Gasteiger partial charge < -0.3 is 19.7 Å². The number of para-hydroxylation sites is 1. The van der Waals surface area contributed by atoms with Crippen LogP contribution in [0.15, 0.2) is 36.4 Å². The summed E-state index contributed by atoms with van der Waals surface area (Å²) in [6.07, 6.45) is -0.458. The van der Waals surface area contributed by atoms with Crippen molar-refractivity contribution < 1.29 is 23.9 Å². The van der Waals surface area contributed by atoms with E-state index in [1.807, 2.05) is 12.1 Å². The highest BCUT2D eigenvalue weighted by Crippen LogP contribution is 2.19. The van der Waals surface area contributed by atoms with E-state index < -0.39 is 23.6 Å². The van der Waals surface area contributed by atoms with Crippen LogP contribution in [0, 0.1) is 6.92 Å². The second-order valence-corrected chi connectivity index (χ2v) is 8.00. The second-order valence-electron chi connectivity index (χ2n) is 8.00. The van der Waals surface area contributed by atoms with Gasteiger partial charge in [-0.25, -0.2) is 14.6 Å². The summed E-state index contributed by atoms with van der Waals surface area (Å²) >= 11 is 0. The van der Waals surface area contributed by atoms with Crippen LogP contribution in [0.1, 0.15) is 59.8 Å². The number of carbonyl (C=O) groups excluding carboxylic acids is 3. The van der Waals surface area contributed by atoms with Gasteiger partial charge in [-0.2, -0.15) is 0 Å². The Morgan fingerprint density at radius 3 is 2.39 bits per heavy atom. The van der Waals surface area contributed by atoms with Crippen LogP contribution in [-0.2, 0) is 16.0 Å². The number of carbonyl (C=O) groups is 3. The minimum Gasteiger partial charge on any atom is -0.462 e. The second kappa shape index (κ2) is 10.1. The fraction of sp³-hybridized carbons (Fsp3) is 0.391. The average molecular weight is 428 g/mol. The number of anilines is 1. The molecule has 2 aromatic rings. The van der Waals surface area contributed by atoms with E-state index in [-0.39, 0.29) is 18.8 Å². The van der Waals surface area contributed by atoms with E-state index in [4.69, 9.17) is 9.47 Å². The molecule has 1 N–H and O–H groups in total. The van der Waals surface area contributed by atoms with Gasteiger partial charge in [-0.1, -0.05) is 18.2 Å². The number of aryl methyl sites for hydroxylation is 1. The van der Waals surface area contributed by atoms with Gasteiger partial charge in [0.2, 0.25) is 0 Å². The zero-order chi connectivity index (χ0) is 23.2. The van der Waals surface area contributed by atoms with Crippen LogP contribution in [-0.4, -0.2) is 47.1 Å². The molecule has 0 unspecified atom stereocenters. The van der Waals surface area contributed by atoms with E-state index >= 15 is 0 Å². The van der Waals surface area contributed by atoms with E-state index in [1.54, 1.807) is 53.8 Å². The van der Waals surface area contributed by atoms with Crippen LogP contribution in [0.5, 0.6) is 0 Å². The first kappa shape index (κ1) is 23.9. The third kappa shape index (κ3) is 6.80. The fourth-order valence-corrected chi connectivity index (χ4v) is 2.74. The summed E-state index contributed by atoms with van der Waals surface area (Å²) in [6, 6.07) is 10.2. The number of amides is 2. The zero-order valence-corrected chi connectivity index (χ0v) is 18.8. The van der Waals surface area contributed by atoms with E-state index in [2.05, 4.69) is 10.3 Å². The van der Waals surface area contributed by atoms with Gasteiger partial charge in [-0.3, -0.25) is 4.79 Å². The van der Waals surface area contributed by atoms with Crippen molar-refractivity contribution in [3.63, 3.8) is 0 Å². The number of nitrogens with zero attached hydrogens (tertiary/aromatic N) is 2. The summed E-state index contributed by atoms with van der Waals surface area (Å²) in [5.74, 6) is -0.902. The zero-order valence-electron chi connectivity index (χ0n) is 18.8. The summed E-state index contributed by atoms with van der Waals surface area (Å²) in [6.45, 7) is 9.28. The number of benzene rings is 1. The number of hydrogen-bond donors (Lipinski definition) is 1. The number of pyridine rings is 1. The molecule has 0 saturated heterocycles. The molecule has 1 heterocycles. The Labute approximate surface area is 182 Å². The van der Waals surface area contributed by atoms with Crippen molar-refractivity contribution in [1.82, 2.24) is 9.88 Å². The van der Waals surface area contributed by atoms with Crippen molar-refractivity contribution in [2.24, 2.45) is 0 Å². The highest BCUT2D eigenvalue weighted by molar-refractivity contribution is 6.04. The summed E-state index contributed by atoms with van der Waals surface area (Å²) < 4.78 is 10.4. The van der Waals surface area contributed by atoms with Gasteiger partial charge in [0, 0.05) is 12.7 Å². The number of aromatic nitrogens is 1. The molecule has 0 atom stereocenters. The molecule has 8 nitrogen and oxygen atoms in total. The molecule has 0 aliphatic carbocycles. The molecule has 0 aliphatic rings. The monoisotopic (exact) mass is 427 g/mol. The van der Waals surface area contributed by atoms with Gasteiger partial charge in [0.15, 0.2) is 0 Å². The number of esters is 1. The summed E-state index contributed by atoms with van der Waals surface area (Å²) in [5.41, 5.74) is 1.58. The van der Waals surface area contributed by atoms with Crippen molar-refractivity contribution >= 4 is 23.7 Å². The van der Waals surface area contributed by atoms with Gasteiger partial charge in [-0.15, -0.1) is 0 Å². The largest absolute Gasteiger partial charge is 0.462 e. The Balaban J connectivity index is 2.15. The first-order valence-electron chi connectivity index (χ1n) is 10.00. The van der Waals surface area contributed by atoms with Gasteiger partial charge in [0.25, 0.3) is 5.91 Å². The molecule has 0 aliphatic heterocycles. The molecule has 1 aromatic carbocycles. The lowest BCUT2D eigenvalue weighted by atomic mass is 10.1. The standard InChI is InChI=1S/C23H29N3O5/c1-7-30-21(28)17-12-13-19(24-15(17)2)20(27)25-18-11-9-8-10-16(18)14-26(6)22(29)31-23(3,4)5/h8-13H,7,14H2,1-6H3,(H,25,27). The topological polar surface area (TPSA) is 97.8 Å². The van der Waals surface area contributed by atoms with Gasteiger partial charge in [-0.05, 0) is 58.4 Å². The summed E-state index contributed by atoms with van der Waals surface area (Å²) in [4.78, 5) is 42.6. The SMILES string of the molecule is CCOC(=O)c1ccc(C(=O)Nc2ccccc2CN(C)C(=O)OC(C)(C)C)nc1C. The lowest BCUT2D eigenvalue weighted by Gasteiger charge is -2.25. The quantitative estimate of drug-likeness (QED) is 0.695. The lowest BCUT2D eigenvalue weighted by molar-refractivity contribution is 0.0285. The Morgan fingerprint density at radius 1 is 1.10 bits per heavy atom. The van der Waals surface area contributed by atoms with Crippen LogP contribution in [0.25, 0.3) is 0 Å². The molecule has 2 amide bonds. The Morgan fingerprint density at radius 2 is 1.77 bits per heavy atom. The fourth-order valence-electron chi connectivity index (χ4n) is 2.74. The van der Waals surface area contributed by atoms with Crippen LogP contribution in [0.3, 0.4) is 0 Å². The smallest absolute Gasteiger partial charge is 0.410 e. The van der Waals surface area contributed by atoms with Gasteiger partial charge in [0.05, 0.1) is 24.4 Å². The highest BCUT2D eigenvalue weighted by atomic mass is 16.6. The number of rotatable bonds is 6. The maximum absolute atomic E-state index is 12.7. The van der Waals surface area contributed by atoms with Gasteiger partial charge >= 0.3 is 12.1 Å². The lowest BCUT2D eigenvalue weighted by Crippen LogP contribution is -2.34. The van der Waals surface area contributed by atoms with E-state index in [1.165, 1.54) is 17.0 Å². The maximum atomic E-state index is 12.7. The van der Waals surface area contributed by atoms with Crippen molar-refractivity contribution in [2.75, 3.05) is 19.0 Å². The van der Waals surface area contributed by atoms with E-state index in [0.29, 0.717) is 16.9 Å². The average Bonchev–Trinajstić information content (AvgIpc) is 2.68. The van der Waals surface area contributed by atoms with Crippen LogP contribution in [0.4, 0.5) is 10.5 Å². The molecular formula is C23H29N3O5. The van der Waals surface area contributed by atoms with E-state index in [9.17, 15) is 14.4 Å². The van der Waals surface area contributed by atoms with Crippen LogP contribution < -0.4 is 5.32 Å². The molecule has 0 spiro atoms. The third-order valence-electron chi connectivity index (χ3n) is 4.19. The molecule has 8 heteroatoms. The molecule has 0 fully saturated rings. The predicted octanol–water partition coefficient (Wildman–Crippen LogP) is 4.19. The molecule has 2 rings (SSSR count). The number of ether oxygens (including phenoxy) is 2. The van der Waals surface area contributed by atoms with Crippen LogP contribution in [0.2, 0.25) is 0 Å². The van der Waals surface area contributed by atoms with Gasteiger partial charge in [0.1, 0.15) is 11.3 Å². The Bertz CT molecular complexity index is 966. The van der Waals surface area contributed by atoms with Crippen molar-refractivity contribution in [2.45, 2.75) is 46.8 Å². The molecule has 0 saturated carbocycles. The predicted molar refractivity (Wildman–Crippen MR) is 117 cm³/mol. The molecule has 1 aromatic heterocycles. The van der Waals surface area contributed by atoms with E-state index in [0.717, 1.165) is 5.56 Å². The van der Waals surface area contributed by atoms with Crippen molar-refractivity contribution in [1.29, 1.82) is 0 Å². The third-order valence-corrected chi connectivity index (χ3v) is 4.19. The first-order valence-corrected chi connectivity index (χ1v) is 10.00. The Hall–Kier alpha value is -3.42. The van der Waals surface area contributed by atoms with Crippen molar-refractivity contribution in [3.8, 4) is 0 Å². The normalized spacial score (nSPS) is 10.9. The Kier molecular flexibility index (Phi) is 7.74. The highest BCUT2D eigenvalue weighted by Gasteiger charge is 2.21. The molecular weight excluding hydrogens is 398 g/mol. The molecule has 0 bridgehead atoms. The molecule has 31 heavy (non-hydrogen) atoms. The molecule has 166 valence electrons.